The van der Waals surface area contributed by atoms with Crippen LogP contribution in [0.4, 0.5) is 5.82 Å². The smallest absolute Gasteiger partial charge is 0.142 e. The van der Waals surface area contributed by atoms with E-state index in [4.69, 9.17) is 10.2 Å². The number of nitrogens with zero attached hydrogens (tertiary/aromatic N) is 3. The molecule has 3 heterocycles. The molecule has 3 aromatic heterocycles. The molecule has 0 aliphatic carbocycles. The molecule has 0 aliphatic heterocycles. The Morgan fingerprint density at radius 3 is 2.85 bits per heavy atom. The molecule has 3 rings (SSSR count). The number of aromatic nitrogens is 2. The van der Waals surface area contributed by atoms with Crippen molar-refractivity contribution in [2.45, 2.75) is 0 Å². The second-order valence-electron chi connectivity index (χ2n) is 4.47. The van der Waals surface area contributed by atoms with Crippen LogP contribution in [0.25, 0.3) is 22.6 Å². The van der Waals surface area contributed by atoms with Crippen LogP contribution in [0.5, 0.6) is 0 Å². The van der Waals surface area contributed by atoms with Gasteiger partial charge >= 0.3 is 0 Å². The summed E-state index contributed by atoms with van der Waals surface area (Å²) >= 11 is 0. The summed E-state index contributed by atoms with van der Waals surface area (Å²) in [4.78, 5) is 4.30. The highest BCUT2D eigenvalue weighted by Gasteiger charge is 2.15. The SMILES string of the molecule is Cn1ccc(-c2cc(-c3ccco3)c(C#N)c(N)n2)c1. The number of hydrogen-bond acceptors (Lipinski definition) is 4. The van der Waals surface area contributed by atoms with Gasteiger partial charge < -0.3 is 14.7 Å². The van der Waals surface area contributed by atoms with Crippen molar-refractivity contribution >= 4 is 5.82 Å². The number of nitriles is 1. The third-order valence-corrected chi connectivity index (χ3v) is 3.07. The molecular formula is C15H12N4O. The van der Waals surface area contributed by atoms with Crippen LogP contribution in [-0.2, 0) is 7.05 Å². The van der Waals surface area contributed by atoms with E-state index >= 15 is 0 Å². The number of anilines is 1. The number of rotatable bonds is 2. The summed E-state index contributed by atoms with van der Waals surface area (Å²) in [5, 5.41) is 9.25. The average Bonchev–Trinajstić information content (AvgIpc) is 3.08. The summed E-state index contributed by atoms with van der Waals surface area (Å²) in [5.74, 6) is 0.813. The third kappa shape index (κ3) is 1.93. The van der Waals surface area contributed by atoms with Gasteiger partial charge in [-0.1, -0.05) is 0 Å². The molecule has 3 aromatic rings. The van der Waals surface area contributed by atoms with Crippen LogP contribution in [0, 0.1) is 11.3 Å². The molecule has 0 bridgehead atoms. The summed E-state index contributed by atoms with van der Waals surface area (Å²) in [6.45, 7) is 0. The Morgan fingerprint density at radius 1 is 1.40 bits per heavy atom. The van der Waals surface area contributed by atoms with Crippen LogP contribution in [-0.4, -0.2) is 9.55 Å². The molecule has 0 spiro atoms. The Morgan fingerprint density at radius 2 is 2.25 bits per heavy atom. The van der Waals surface area contributed by atoms with Gasteiger partial charge in [-0.2, -0.15) is 5.26 Å². The fraction of sp³-hybridized carbons (Fsp3) is 0.0667. The standard InChI is InChI=1S/C15H12N4O/c1-19-5-4-10(9-19)13-7-11(14-3-2-6-20-14)12(8-16)15(17)18-13/h2-7,9H,1H3,(H2,17,18). The Hall–Kier alpha value is -3.00. The predicted octanol–water partition coefficient (Wildman–Crippen LogP) is 2.80. The van der Waals surface area contributed by atoms with Crippen LogP contribution < -0.4 is 5.73 Å². The van der Waals surface area contributed by atoms with Crippen molar-refractivity contribution in [2.75, 3.05) is 5.73 Å². The monoisotopic (exact) mass is 264 g/mol. The molecule has 2 N–H and O–H groups in total. The quantitative estimate of drug-likeness (QED) is 0.771. The van der Waals surface area contributed by atoms with Gasteiger partial charge in [0.15, 0.2) is 0 Å². The minimum Gasteiger partial charge on any atom is -0.464 e. The molecule has 0 radical (unpaired) electrons. The Kier molecular flexibility index (Phi) is 2.77. The number of furan rings is 1. The van der Waals surface area contributed by atoms with Crippen LogP contribution in [0.2, 0.25) is 0 Å². The largest absolute Gasteiger partial charge is 0.464 e. The highest BCUT2D eigenvalue weighted by Crippen LogP contribution is 2.31. The van der Waals surface area contributed by atoms with Gasteiger partial charge in [0.1, 0.15) is 23.2 Å². The highest BCUT2D eigenvalue weighted by molar-refractivity contribution is 5.77. The van der Waals surface area contributed by atoms with Gasteiger partial charge in [0.2, 0.25) is 0 Å². The molecular weight excluding hydrogens is 252 g/mol. The van der Waals surface area contributed by atoms with E-state index in [1.54, 1.807) is 18.4 Å². The van der Waals surface area contributed by atoms with Crippen molar-refractivity contribution in [3.05, 3.63) is 48.5 Å². The first-order chi connectivity index (χ1) is 9.69. The first-order valence-electron chi connectivity index (χ1n) is 6.06. The first kappa shape index (κ1) is 12.1. The van der Waals surface area contributed by atoms with Gasteiger partial charge in [-0.05, 0) is 24.3 Å². The average molecular weight is 264 g/mol. The van der Waals surface area contributed by atoms with Crippen molar-refractivity contribution in [3.8, 4) is 28.7 Å². The maximum atomic E-state index is 9.25. The summed E-state index contributed by atoms with van der Waals surface area (Å²) in [7, 11) is 1.93. The molecule has 0 amide bonds. The fourth-order valence-corrected chi connectivity index (χ4v) is 2.11. The summed E-state index contributed by atoms with van der Waals surface area (Å²) < 4.78 is 7.30. The molecule has 0 saturated carbocycles. The molecule has 0 atom stereocenters. The van der Waals surface area contributed by atoms with Gasteiger partial charge in [0, 0.05) is 30.6 Å². The second kappa shape index (κ2) is 4.59. The Labute approximate surface area is 115 Å². The van der Waals surface area contributed by atoms with Crippen molar-refractivity contribution < 1.29 is 4.42 Å². The molecule has 0 aliphatic rings. The summed E-state index contributed by atoms with van der Waals surface area (Å²) in [6.07, 6.45) is 5.44. The zero-order valence-corrected chi connectivity index (χ0v) is 10.9. The van der Waals surface area contributed by atoms with E-state index in [2.05, 4.69) is 11.1 Å². The lowest BCUT2D eigenvalue weighted by Crippen LogP contribution is -1.99. The van der Waals surface area contributed by atoms with E-state index in [9.17, 15) is 5.26 Å². The zero-order valence-electron chi connectivity index (χ0n) is 10.9. The molecule has 98 valence electrons. The molecule has 0 unspecified atom stereocenters. The van der Waals surface area contributed by atoms with Crippen molar-refractivity contribution in [1.82, 2.24) is 9.55 Å². The molecule has 20 heavy (non-hydrogen) atoms. The molecule has 0 fully saturated rings. The zero-order chi connectivity index (χ0) is 14.1. The van der Waals surface area contributed by atoms with E-state index in [0.717, 1.165) is 5.56 Å². The maximum absolute atomic E-state index is 9.25. The van der Waals surface area contributed by atoms with E-state index in [-0.39, 0.29) is 5.82 Å². The molecule has 0 aromatic carbocycles. The van der Waals surface area contributed by atoms with Crippen molar-refractivity contribution in [1.29, 1.82) is 5.26 Å². The van der Waals surface area contributed by atoms with Crippen molar-refractivity contribution in [3.63, 3.8) is 0 Å². The van der Waals surface area contributed by atoms with E-state index < -0.39 is 0 Å². The maximum Gasteiger partial charge on any atom is 0.142 e. The van der Waals surface area contributed by atoms with Gasteiger partial charge in [-0.15, -0.1) is 0 Å². The number of nitrogen functional groups attached to an aromatic ring is 1. The number of aryl methyl sites for hydroxylation is 1. The van der Waals surface area contributed by atoms with Gasteiger partial charge in [-0.25, -0.2) is 4.98 Å². The molecule has 5 nitrogen and oxygen atoms in total. The lowest BCUT2D eigenvalue weighted by Gasteiger charge is -2.07. The highest BCUT2D eigenvalue weighted by atomic mass is 16.3. The summed E-state index contributed by atoms with van der Waals surface area (Å²) in [5.41, 5.74) is 8.55. The predicted molar refractivity (Wildman–Crippen MR) is 75.5 cm³/mol. The normalized spacial score (nSPS) is 10.4. The number of hydrogen-bond donors (Lipinski definition) is 1. The minimum absolute atomic E-state index is 0.209. The van der Waals surface area contributed by atoms with Crippen LogP contribution in [0.15, 0.2) is 47.3 Å². The van der Waals surface area contributed by atoms with Crippen LogP contribution in [0.1, 0.15) is 5.56 Å². The third-order valence-electron chi connectivity index (χ3n) is 3.07. The molecule has 0 saturated heterocycles. The van der Waals surface area contributed by atoms with Crippen LogP contribution in [0.3, 0.4) is 0 Å². The Balaban J connectivity index is 2.23. The fourth-order valence-electron chi connectivity index (χ4n) is 2.11. The first-order valence-corrected chi connectivity index (χ1v) is 6.06. The number of nitrogens with two attached hydrogens (primary N) is 1. The number of pyridine rings is 1. The lowest BCUT2D eigenvalue weighted by atomic mass is 10.0. The second-order valence-corrected chi connectivity index (χ2v) is 4.47. The van der Waals surface area contributed by atoms with E-state index in [1.165, 1.54) is 0 Å². The van der Waals surface area contributed by atoms with E-state index in [1.807, 2.05) is 36.1 Å². The van der Waals surface area contributed by atoms with Gasteiger partial charge in [0.25, 0.3) is 0 Å². The van der Waals surface area contributed by atoms with Crippen molar-refractivity contribution in [2.24, 2.45) is 7.05 Å². The van der Waals surface area contributed by atoms with Gasteiger partial charge in [0.05, 0.1) is 12.0 Å². The van der Waals surface area contributed by atoms with E-state index in [0.29, 0.717) is 22.6 Å². The Bertz CT molecular complexity index is 794. The lowest BCUT2D eigenvalue weighted by molar-refractivity contribution is 0.582. The van der Waals surface area contributed by atoms with Crippen LogP contribution >= 0.6 is 0 Å². The summed E-state index contributed by atoms with van der Waals surface area (Å²) in [6, 6.07) is 9.42. The van der Waals surface area contributed by atoms with Gasteiger partial charge in [-0.3, -0.25) is 0 Å². The minimum atomic E-state index is 0.209. The topological polar surface area (TPSA) is 80.8 Å². The molecule has 5 heteroatoms.